The Morgan fingerprint density at radius 3 is 2.05 bits per heavy atom. The third kappa shape index (κ3) is 7.20. The minimum Gasteiger partial charge on any atom is -0.480 e. The molecule has 8 nitrogen and oxygen atoms in total. The Kier molecular flexibility index (Phi) is 9.30. The first-order valence-electron chi connectivity index (χ1n) is 12.5. The van der Waals surface area contributed by atoms with Gasteiger partial charge in [0.05, 0.1) is 4.90 Å². The largest absolute Gasteiger partial charge is 0.480 e. The highest BCUT2D eigenvalue weighted by Crippen LogP contribution is 2.27. The number of amides is 2. The lowest BCUT2D eigenvalue weighted by atomic mass is 9.99. The topological polar surface area (TPSA) is 125 Å². The summed E-state index contributed by atoms with van der Waals surface area (Å²) < 4.78 is 28.6. The molecule has 0 aliphatic carbocycles. The van der Waals surface area contributed by atoms with E-state index in [1.807, 2.05) is 51.1 Å². The van der Waals surface area contributed by atoms with Crippen molar-refractivity contribution < 1.29 is 23.1 Å². The number of aryl methyl sites for hydroxylation is 4. The van der Waals surface area contributed by atoms with Crippen molar-refractivity contribution in [2.24, 2.45) is 0 Å². The van der Waals surface area contributed by atoms with Gasteiger partial charge in [0.1, 0.15) is 6.04 Å². The molecule has 0 saturated carbocycles. The molecule has 0 spiro atoms. The van der Waals surface area contributed by atoms with Crippen LogP contribution in [0.1, 0.15) is 41.2 Å². The van der Waals surface area contributed by atoms with Gasteiger partial charge in [-0.2, -0.15) is 4.72 Å². The smallest absolute Gasteiger partial charge is 0.322 e. The van der Waals surface area contributed by atoms with E-state index in [0.29, 0.717) is 28.9 Å². The van der Waals surface area contributed by atoms with Crippen LogP contribution in [0.15, 0.2) is 59.5 Å². The Morgan fingerprint density at radius 1 is 0.868 bits per heavy atom. The van der Waals surface area contributed by atoms with Crippen molar-refractivity contribution in [3.63, 3.8) is 0 Å². The van der Waals surface area contributed by atoms with E-state index in [0.717, 1.165) is 28.7 Å². The second-order valence-corrected chi connectivity index (χ2v) is 11.2. The molecule has 0 aromatic heterocycles. The van der Waals surface area contributed by atoms with Gasteiger partial charge in [-0.15, -0.1) is 0 Å². The number of carboxylic acid groups (broad SMARTS) is 1. The van der Waals surface area contributed by atoms with Crippen LogP contribution >= 0.6 is 0 Å². The molecule has 4 N–H and O–H groups in total. The molecule has 1 atom stereocenters. The van der Waals surface area contributed by atoms with Crippen molar-refractivity contribution >= 4 is 27.7 Å². The molecular weight excluding hydrogens is 502 g/mol. The highest BCUT2D eigenvalue weighted by Gasteiger charge is 2.28. The van der Waals surface area contributed by atoms with Gasteiger partial charge < -0.3 is 15.7 Å². The second-order valence-electron chi connectivity index (χ2n) is 9.55. The lowest BCUT2D eigenvalue weighted by Crippen LogP contribution is -2.42. The number of hydrogen-bond donors (Lipinski definition) is 4. The standard InChI is InChI=1S/C29H35N3O5S/c1-6-13-30-29(35)31-25-17-24(10-7-19(25)3)23-11-8-22(9-12-23)16-26(28(33)34)32-38(36,37)27-20(4)14-18(2)15-21(27)5/h7-12,14-15,17,26,32H,6,13,16H2,1-5H3,(H,33,34)(H2,30,31,35)/t26-/m0/s1. The Labute approximate surface area is 224 Å². The highest BCUT2D eigenvalue weighted by atomic mass is 32.2. The van der Waals surface area contributed by atoms with Crippen molar-refractivity contribution in [3.05, 3.63) is 82.4 Å². The summed E-state index contributed by atoms with van der Waals surface area (Å²) in [5.74, 6) is -1.25. The average Bonchev–Trinajstić information content (AvgIpc) is 2.83. The minimum absolute atomic E-state index is 0.0168. The molecule has 0 saturated heterocycles. The van der Waals surface area contributed by atoms with Crippen LogP contribution in [-0.4, -0.2) is 38.1 Å². The van der Waals surface area contributed by atoms with E-state index in [-0.39, 0.29) is 17.3 Å². The van der Waals surface area contributed by atoms with Crippen molar-refractivity contribution in [2.75, 3.05) is 11.9 Å². The maximum absolute atomic E-state index is 13.1. The minimum atomic E-state index is -4.05. The fourth-order valence-corrected chi connectivity index (χ4v) is 6.07. The van der Waals surface area contributed by atoms with Crippen LogP contribution in [0.25, 0.3) is 11.1 Å². The molecule has 0 aliphatic heterocycles. The summed E-state index contributed by atoms with van der Waals surface area (Å²) >= 11 is 0. The van der Waals surface area contributed by atoms with Crippen LogP contribution in [0.5, 0.6) is 0 Å². The lowest BCUT2D eigenvalue weighted by Gasteiger charge is -2.18. The quantitative estimate of drug-likeness (QED) is 0.287. The first-order chi connectivity index (χ1) is 17.9. The number of urea groups is 1. The average molecular weight is 538 g/mol. The van der Waals surface area contributed by atoms with E-state index in [9.17, 15) is 23.1 Å². The maximum atomic E-state index is 13.1. The molecule has 0 fully saturated rings. The van der Waals surface area contributed by atoms with Gasteiger partial charge in [0.25, 0.3) is 0 Å². The Bertz CT molecular complexity index is 1410. The molecule has 9 heteroatoms. The number of sulfonamides is 1. The van der Waals surface area contributed by atoms with Gasteiger partial charge in [-0.3, -0.25) is 4.79 Å². The fourth-order valence-electron chi connectivity index (χ4n) is 4.43. The second kappa shape index (κ2) is 12.2. The van der Waals surface area contributed by atoms with Gasteiger partial charge >= 0.3 is 12.0 Å². The molecule has 0 aliphatic rings. The first kappa shape index (κ1) is 28.9. The number of benzene rings is 3. The van der Waals surface area contributed by atoms with Crippen LogP contribution in [0.4, 0.5) is 10.5 Å². The van der Waals surface area contributed by atoms with Gasteiger partial charge in [-0.25, -0.2) is 13.2 Å². The molecule has 3 aromatic carbocycles. The van der Waals surface area contributed by atoms with Gasteiger partial charge in [0, 0.05) is 12.2 Å². The summed E-state index contributed by atoms with van der Waals surface area (Å²) in [6, 6.07) is 14.9. The van der Waals surface area contributed by atoms with Gasteiger partial charge in [-0.1, -0.05) is 61.0 Å². The zero-order valence-corrected chi connectivity index (χ0v) is 23.2. The molecule has 3 rings (SSSR count). The zero-order chi connectivity index (χ0) is 28.0. The number of carbonyl (C=O) groups excluding carboxylic acids is 1. The molecule has 0 bridgehead atoms. The third-order valence-electron chi connectivity index (χ3n) is 6.22. The zero-order valence-electron chi connectivity index (χ0n) is 22.4. The van der Waals surface area contributed by atoms with E-state index < -0.39 is 22.0 Å². The summed E-state index contributed by atoms with van der Waals surface area (Å²) in [6.07, 6.45) is 0.825. The van der Waals surface area contributed by atoms with Crippen molar-refractivity contribution in [3.8, 4) is 11.1 Å². The molecule has 0 heterocycles. The number of anilines is 1. The molecule has 2 amide bonds. The van der Waals surface area contributed by atoms with Crippen LogP contribution in [0.2, 0.25) is 0 Å². The van der Waals surface area contributed by atoms with Crippen LogP contribution in [0.3, 0.4) is 0 Å². The van der Waals surface area contributed by atoms with Crippen molar-refractivity contribution in [1.29, 1.82) is 0 Å². The molecular formula is C29H35N3O5S. The van der Waals surface area contributed by atoms with E-state index in [1.165, 1.54) is 0 Å². The predicted octanol–water partition coefficient (Wildman–Crippen LogP) is 5.09. The summed E-state index contributed by atoms with van der Waals surface area (Å²) in [4.78, 5) is 24.2. The monoisotopic (exact) mass is 537 g/mol. The van der Waals surface area contributed by atoms with E-state index >= 15 is 0 Å². The molecule has 0 radical (unpaired) electrons. The first-order valence-corrected chi connectivity index (χ1v) is 14.0. The molecule has 0 unspecified atom stereocenters. The summed E-state index contributed by atoms with van der Waals surface area (Å²) in [6.45, 7) is 9.76. The summed E-state index contributed by atoms with van der Waals surface area (Å²) in [5.41, 5.74) is 6.13. The van der Waals surface area contributed by atoms with Crippen LogP contribution in [-0.2, 0) is 21.2 Å². The Hall–Kier alpha value is -3.69. The number of carbonyl (C=O) groups is 2. The molecule has 202 valence electrons. The number of hydrogen-bond acceptors (Lipinski definition) is 4. The van der Waals surface area contributed by atoms with Gasteiger partial charge in [0.2, 0.25) is 10.0 Å². The highest BCUT2D eigenvalue weighted by molar-refractivity contribution is 7.89. The normalized spacial score (nSPS) is 12.1. The summed E-state index contributed by atoms with van der Waals surface area (Å²) in [7, 11) is -4.05. The Balaban J connectivity index is 1.78. The Morgan fingerprint density at radius 2 is 1.47 bits per heavy atom. The van der Waals surface area contributed by atoms with E-state index in [4.69, 9.17) is 0 Å². The molecule has 3 aromatic rings. The summed E-state index contributed by atoms with van der Waals surface area (Å²) in [5, 5.41) is 15.4. The van der Waals surface area contributed by atoms with Gasteiger partial charge in [-0.05, 0) is 80.0 Å². The van der Waals surface area contributed by atoms with E-state index in [1.54, 1.807) is 38.1 Å². The number of rotatable bonds is 10. The predicted molar refractivity (Wildman–Crippen MR) is 150 cm³/mol. The molecule has 38 heavy (non-hydrogen) atoms. The van der Waals surface area contributed by atoms with Gasteiger partial charge in [0.15, 0.2) is 0 Å². The number of aliphatic carboxylic acids is 1. The van der Waals surface area contributed by atoms with Crippen molar-refractivity contribution in [1.82, 2.24) is 10.0 Å². The number of nitrogens with one attached hydrogen (secondary N) is 3. The van der Waals surface area contributed by atoms with E-state index in [2.05, 4.69) is 15.4 Å². The fraction of sp³-hybridized carbons (Fsp3) is 0.310. The van der Waals surface area contributed by atoms with Crippen LogP contribution in [0, 0.1) is 27.7 Å². The number of carboxylic acids is 1. The maximum Gasteiger partial charge on any atom is 0.322 e. The lowest BCUT2D eigenvalue weighted by molar-refractivity contribution is -0.138. The van der Waals surface area contributed by atoms with Crippen LogP contribution < -0.4 is 15.4 Å². The van der Waals surface area contributed by atoms with Crippen molar-refractivity contribution in [2.45, 2.75) is 58.4 Å². The SMILES string of the molecule is CCCNC(=O)Nc1cc(-c2ccc(C[C@H](NS(=O)(=O)c3c(C)cc(C)cc3C)C(=O)O)cc2)ccc1C. The third-order valence-corrected chi connectivity index (χ3v) is 7.99.